The first-order chi connectivity index (χ1) is 14.6. The van der Waals surface area contributed by atoms with Gasteiger partial charge in [0.15, 0.2) is 0 Å². The van der Waals surface area contributed by atoms with E-state index < -0.39 is 5.82 Å². The monoisotopic (exact) mass is 405 g/mol. The molecule has 0 saturated heterocycles. The van der Waals surface area contributed by atoms with Gasteiger partial charge in [-0.15, -0.1) is 0 Å². The van der Waals surface area contributed by atoms with E-state index >= 15 is 0 Å². The summed E-state index contributed by atoms with van der Waals surface area (Å²) in [5.41, 5.74) is 2.52. The van der Waals surface area contributed by atoms with Crippen LogP contribution < -0.4 is 5.32 Å². The van der Waals surface area contributed by atoms with Crippen LogP contribution in [0.5, 0.6) is 0 Å². The van der Waals surface area contributed by atoms with Crippen LogP contribution in [-0.2, 0) is 9.59 Å². The minimum absolute atomic E-state index is 0.00356. The van der Waals surface area contributed by atoms with Crippen molar-refractivity contribution in [2.45, 2.75) is 19.3 Å². The lowest BCUT2D eigenvalue weighted by Gasteiger charge is -2.11. The predicted octanol–water partition coefficient (Wildman–Crippen LogP) is 3.37. The number of rotatable bonds is 6. The number of amides is 2. The molecule has 0 unspecified atom stereocenters. The van der Waals surface area contributed by atoms with E-state index in [2.05, 4.69) is 15.4 Å². The van der Waals surface area contributed by atoms with Crippen molar-refractivity contribution in [1.82, 2.24) is 14.6 Å². The van der Waals surface area contributed by atoms with Crippen molar-refractivity contribution in [3.63, 3.8) is 0 Å². The minimum atomic E-state index is -0.485. The van der Waals surface area contributed by atoms with E-state index in [4.69, 9.17) is 0 Å². The average molecular weight is 405 g/mol. The number of hydrazone groups is 1. The molecule has 152 valence electrons. The van der Waals surface area contributed by atoms with Gasteiger partial charge in [-0.25, -0.2) is 14.4 Å². The van der Waals surface area contributed by atoms with Gasteiger partial charge in [0.25, 0.3) is 0 Å². The number of carbonyl (C=O) groups excluding carboxylic acids is 2. The third-order valence-corrected chi connectivity index (χ3v) is 4.78. The highest BCUT2D eigenvalue weighted by Crippen LogP contribution is 2.19. The van der Waals surface area contributed by atoms with Crippen LogP contribution in [-0.4, -0.2) is 38.6 Å². The average Bonchev–Trinajstić information content (AvgIpc) is 3.45. The molecular formula is C22H20FN5O2. The van der Waals surface area contributed by atoms with Crippen molar-refractivity contribution in [3.05, 3.63) is 78.6 Å². The molecule has 0 radical (unpaired) electrons. The zero-order valence-corrected chi connectivity index (χ0v) is 16.2. The van der Waals surface area contributed by atoms with E-state index in [1.807, 2.05) is 30.3 Å². The maximum Gasteiger partial charge on any atom is 0.243 e. The van der Waals surface area contributed by atoms with Crippen molar-refractivity contribution in [2.24, 2.45) is 5.10 Å². The molecule has 2 heterocycles. The Morgan fingerprint density at radius 3 is 2.67 bits per heavy atom. The van der Waals surface area contributed by atoms with Crippen LogP contribution in [0.4, 0.5) is 10.1 Å². The molecule has 0 aliphatic carbocycles. The summed E-state index contributed by atoms with van der Waals surface area (Å²) in [5.74, 6) is -1.05. The van der Waals surface area contributed by atoms with Crippen molar-refractivity contribution in [2.75, 3.05) is 11.9 Å². The summed E-state index contributed by atoms with van der Waals surface area (Å²) in [7, 11) is 0. The fourth-order valence-electron chi connectivity index (χ4n) is 3.24. The number of hydrogen-bond acceptors (Lipinski definition) is 4. The second-order valence-corrected chi connectivity index (χ2v) is 6.86. The maximum absolute atomic E-state index is 14.3. The van der Waals surface area contributed by atoms with Crippen LogP contribution in [0.3, 0.4) is 0 Å². The summed E-state index contributed by atoms with van der Waals surface area (Å²) >= 11 is 0. The van der Waals surface area contributed by atoms with E-state index in [9.17, 15) is 14.0 Å². The molecule has 0 atom stereocenters. The fourth-order valence-corrected chi connectivity index (χ4v) is 3.24. The van der Waals surface area contributed by atoms with E-state index in [-0.39, 0.29) is 24.7 Å². The summed E-state index contributed by atoms with van der Waals surface area (Å²) < 4.78 is 15.8. The Morgan fingerprint density at radius 1 is 1.10 bits per heavy atom. The number of carbonyl (C=O) groups is 2. The van der Waals surface area contributed by atoms with Gasteiger partial charge in [0.05, 0.1) is 24.3 Å². The molecule has 0 fully saturated rings. The smallest absolute Gasteiger partial charge is 0.243 e. The third-order valence-electron chi connectivity index (χ3n) is 4.78. The Balaban J connectivity index is 1.30. The Kier molecular flexibility index (Phi) is 5.65. The number of nitrogens with zero attached hydrogens (tertiary/aromatic N) is 4. The lowest BCUT2D eigenvalue weighted by molar-refractivity contribution is -0.132. The van der Waals surface area contributed by atoms with Gasteiger partial charge in [0.1, 0.15) is 5.82 Å². The molecule has 2 aromatic carbocycles. The first-order valence-electron chi connectivity index (χ1n) is 9.61. The number of anilines is 1. The Morgan fingerprint density at radius 2 is 1.93 bits per heavy atom. The Hall–Kier alpha value is -3.81. The number of hydrogen-bond donors (Lipinski definition) is 1. The number of nitrogens with one attached hydrogen (secondary N) is 1. The van der Waals surface area contributed by atoms with Gasteiger partial charge in [0.2, 0.25) is 11.8 Å². The topological polar surface area (TPSA) is 79.6 Å². The highest BCUT2D eigenvalue weighted by molar-refractivity contribution is 6.02. The van der Waals surface area contributed by atoms with Crippen molar-refractivity contribution in [1.29, 1.82) is 0 Å². The van der Waals surface area contributed by atoms with Gasteiger partial charge in [-0.3, -0.25) is 9.59 Å². The molecule has 1 aliphatic rings. The normalized spacial score (nSPS) is 13.2. The number of imidazole rings is 1. The Bertz CT molecular complexity index is 1080. The summed E-state index contributed by atoms with van der Waals surface area (Å²) in [6.45, 7) is 0.506. The second kappa shape index (κ2) is 8.69. The lowest BCUT2D eigenvalue weighted by atomic mass is 10.1. The molecular weight excluding hydrogens is 385 g/mol. The largest absolute Gasteiger partial charge is 0.326 e. The van der Waals surface area contributed by atoms with Gasteiger partial charge in [-0.1, -0.05) is 30.3 Å². The standard InChI is InChI=1S/C22H20FN5O2/c23-18-14-17(6-7-20(18)27-13-11-24-15-27)25-21(29)8-9-22(30)28-12-10-19(26-28)16-4-2-1-3-5-16/h1-7,11,13-15H,8-10,12H2,(H,25,29). The fraction of sp³-hybridized carbons (Fsp3) is 0.182. The SMILES string of the molecule is O=C(CCC(=O)N1CCC(c2ccccc2)=N1)Nc1ccc(-n2ccnc2)c(F)c1. The zero-order chi connectivity index (χ0) is 20.9. The molecule has 4 rings (SSSR count). The van der Waals surface area contributed by atoms with E-state index in [1.165, 1.54) is 17.4 Å². The molecule has 3 aromatic rings. The highest BCUT2D eigenvalue weighted by atomic mass is 19.1. The summed E-state index contributed by atoms with van der Waals surface area (Å²) in [6.07, 6.45) is 5.39. The molecule has 8 heteroatoms. The highest BCUT2D eigenvalue weighted by Gasteiger charge is 2.22. The van der Waals surface area contributed by atoms with Gasteiger partial charge >= 0.3 is 0 Å². The zero-order valence-electron chi connectivity index (χ0n) is 16.2. The first kappa shape index (κ1) is 19.5. The maximum atomic E-state index is 14.3. The molecule has 7 nitrogen and oxygen atoms in total. The second-order valence-electron chi connectivity index (χ2n) is 6.86. The van der Waals surface area contributed by atoms with E-state index in [0.717, 1.165) is 11.3 Å². The molecule has 0 saturated carbocycles. The van der Waals surface area contributed by atoms with Crippen molar-refractivity contribution < 1.29 is 14.0 Å². The van der Waals surface area contributed by atoms with Crippen LogP contribution in [0.15, 0.2) is 72.4 Å². The number of benzene rings is 2. The molecule has 0 spiro atoms. The van der Waals surface area contributed by atoms with Gasteiger partial charge < -0.3 is 9.88 Å². The van der Waals surface area contributed by atoms with Gasteiger partial charge in [-0.05, 0) is 23.8 Å². The Labute approximate surface area is 172 Å². The first-order valence-corrected chi connectivity index (χ1v) is 9.61. The third kappa shape index (κ3) is 4.43. The van der Waals surface area contributed by atoms with Crippen LogP contribution >= 0.6 is 0 Å². The summed E-state index contributed by atoms with van der Waals surface area (Å²) in [5, 5.41) is 8.41. The quantitative estimate of drug-likeness (QED) is 0.683. The predicted molar refractivity (Wildman–Crippen MR) is 111 cm³/mol. The molecule has 30 heavy (non-hydrogen) atoms. The van der Waals surface area contributed by atoms with E-state index in [0.29, 0.717) is 24.3 Å². The minimum Gasteiger partial charge on any atom is -0.326 e. The molecule has 1 N–H and O–H groups in total. The molecule has 0 bridgehead atoms. The van der Waals surface area contributed by atoms with Crippen molar-refractivity contribution in [3.8, 4) is 5.69 Å². The van der Waals surface area contributed by atoms with Crippen LogP contribution in [0.25, 0.3) is 5.69 Å². The lowest BCUT2D eigenvalue weighted by Crippen LogP contribution is -2.25. The van der Waals surface area contributed by atoms with Gasteiger partial charge in [0, 0.05) is 37.3 Å². The molecule has 1 aliphatic heterocycles. The summed E-state index contributed by atoms with van der Waals surface area (Å²) in [6, 6.07) is 14.1. The van der Waals surface area contributed by atoms with E-state index in [1.54, 1.807) is 29.1 Å². The molecule has 1 aromatic heterocycles. The van der Waals surface area contributed by atoms with Crippen LogP contribution in [0, 0.1) is 5.82 Å². The van der Waals surface area contributed by atoms with Crippen LogP contribution in [0.2, 0.25) is 0 Å². The van der Waals surface area contributed by atoms with Crippen LogP contribution in [0.1, 0.15) is 24.8 Å². The molecule has 2 amide bonds. The summed E-state index contributed by atoms with van der Waals surface area (Å²) in [4.78, 5) is 28.5. The van der Waals surface area contributed by atoms with Crippen molar-refractivity contribution >= 4 is 23.2 Å². The number of aromatic nitrogens is 2. The number of halogens is 1. The van der Waals surface area contributed by atoms with Gasteiger partial charge in [-0.2, -0.15) is 5.10 Å².